The largest absolute Gasteiger partial charge is 0.478 e. The minimum absolute atomic E-state index is 0.0377. The summed E-state index contributed by atoms with van der Waals surface area (Å²) >= 11 is 6.62. The van der Waals surface area contributed by atoms with Crippen LogP contribution in [0.5, 0.6) is 0 Å². The van der Waals surface area contributed by atoms with Crippen LogP contribution in [0.15, 0.2) is 36.4 Å². The van der Waals surface area contributed by atoms with Gasteiger partial charge in [0.2, 0.25) is 0 Å². The van der Waals surface area contributed by atoms with Gasteiger partial charge in [0, 0.05) is 47.2 Å². The van der Waals surface area contributed by atoms with Gasteiger partial charge in [-0.25, -0.2) is 9.78 Å². The molecule has 0 atom stereocenters. The van der Waals surface area contributed by atoms with Crippen LogP contribution in [0, 0.1) is 5.92 Å². The number of carbonyl (C=O) groups is 1. The number of carboxylic acids is 1. The first-order valence-electron chi connectivity index (χ1n) is 14.1. The van der Waals surface area contributed by atoms with E-state index in [0.29, 0.717) is 39.9 Å². The van der Waals surface area contributed by atoms with Crippen molar-refractivity contribution >= 4 is 28.5 Å². The highest BCUT2D eigenvalue weighted by atomic mass is 35.5. The molecule has 10 heteroatoms. The Balaban J connectivity index is 1.59. The van der Waals surface area contributed by atoms with Crippen LogP contribution in [-0.4, -0.2) is 71.3 Å². The molecule has 1 aromatic heterocycles. The molecule has 2 aliphatic heterocycles. The zero-order valence-electron chi connectivity index (χ0n) is 23.3. The van der Waals surface area contributed by atoms with E-state index in [1.807, 2.05) is 0 Å². The monoisotopic (exact) mass is 589 g/mol. The summed E-state index contributed by atoms with van der Waals surface area (Å²) in [4.78, 5) is 22.3. The number of fused-ring (bicyclic) bond motifs is 1. The lowest BCUT2D eigenvalue weighted by Gasteiger charge is -2.40. The second-order valence-electron chi connectivity index (χ2n) is 11.4. The molecule has 0 saturated carbocycles. The number of hydrogen-bond acceptors (Lipinski definition) is 5. The SMILES string of the molecule is CC(C)Cc1cc2nc(-c3cccc(C(F)(F)F)c3)c(CN3CCC(N4CCOCC4)CC3)c(C(=O)O)c2cc1Cl. The van der Waals surface area contributed by atoms with Crippen molar-refractivity contribution in [2.45, 2.75) is 51.9 Å². The van der Waals surface area contributed by atoms with Crippen LogP contribution in [0.3, 0.4) is 0 Å². The summed E-state index contributed by atoms with van der Waals surface area (Å²) in [7, 11) is 0. The van der Waals surface area contributed by atoms with Crippen LogP contribution in [0.25, 0.3) is 22.2 Å². The van der Waals surface area contributed by atoms with Gasteiger partial charge in [-0.05, 0) is 68.1 Å². The van der Waals surface area contributed by atoms with E-state index in [4.69, 9.17) is 21.3 Å². The summed E-state index contributed by atoms with van der Waals surface area (Å²) in [6.45, 7) is 9.12. The van der Waals surface area contributed by atoms with Crippen molar-refractivity contribution < 1.29 is 27.8 Å². The van der Waals surface area contributed by atoms with E-state index in [1.165, 1.54) is 6.07 Å². The standard InChI is InChI=1S/C31H35ClF3N3O3/c1-19(2)14-21-16-27-24(17-26(21)32)28(30(39)40)25(29(36-27)20-4-3-5-22(15-20)31(33,34)35)18-37-8-6-23(7-9-37)38-10-12-41-13-11-38/h3-5,15-17,19,23H,6-14,18H2,1-2H3,(H,39,40). The summed E-state index contributed by atoms with van der Waals surface area (Å²) < 4.78 is 46.5. The lowest BCUT2D eigenvalue weighted by atomic mass is 9.93. The molecule has 3 heterocycles. The lowest BCUT2D eigenvalue weighted by molar-refractivity contribution is -0.137. The van der Waals surface area contributed by atoms with Gasteiger partial charge in [-0.2, -0.15) is 13.2 Å². The molecule has 2 fully saturated rings. The molecular formula is C31H35ClF3N3O3. The van der Waals surface area contributed by atoms with Gasteiger partial charge in [-0.15, -0.1) is 0 Å². The highest BCUT2D eigenvalue weighted by Crippen LogP contribution is 2.37. The molecule has 41 heavy (non-hydrogen) atoms. The lowest BCUT2D eigenvalue weighted by Crippen LogP contribution is -2.48. The molecule has 0 radical (unpaired) electrons. The number of piperidine rings is 1. The molecule has 6 nitrogen and oxygen atoms in total. The van der Waals surface area contributed by atoms with Gasteiger partial charge in [-0.3, -0.25) is 9.80 Å². The number of benzene rings is 2. The number of nitrogens with zero attached hydrogens (tertiary/aromatic N) is 3. The summed E-state index contributed by atoms with van der Waals surface area (Å²) in [6.07, 6.45) is -2.03. The van der Waals surface area contributed by atoms with Gasteiger partial charge in [-0.1, -0.05) is 37.6 Å². The van der Waals surface area contributed by atoms with Gasteiger partial charge in [0.25, 0.3) is 0 Å². The molecule has 2 aliphatic rings. The van der Waals surface area contributed by atoms with Crippen LogP contribution < -0.4 is 0 Å². The number of likely N-dealkylation sites (tertiary alicyclic amines) is 1. The first kappa shape index (κ1) is 29.8. The number of morpholine rings is 1. The van der Waals surface area contributed by atoms with Crippen LogP contribution in [0.4, 0.5) is 13.2 Å². The van der Waals surface area contributed by atoms with Gasteiger partial charge in [0.05, 0.1) is 35.6 Å². The number of alkyl halides is 3. The summed E-state index contributed by atoms with van der Waals surface area (Å²) in [6, 6.07) is 8.83. The Hall–Kier alpha value is -2.72. The van der Waals surface area contributed by atoms with Crippen molar-refractivity contribution in [3.05, 3.63) is 63.7 Å². The molecule has 220 valence electrons. The first-order valence-corrected chi connectivity index (χ1v) is 14.5. The second kappa shape index (κ2) is 12.3. The normalized spacial score (nSPS) is 17.9. The molecule has 1 N–H and O–H groups in total. The number of carboxylic acid groups (broad SMARTS) is 1. The average Bonchev–Trinajstić information content (AvgIpc) is 2.93. The number of halogens is 4. The summed E-state index contributed by atoms with van der Waals surface area (Å²) in [5, 5.41) is 11.3. The predicted molar refractivity (Wildman–Crippen MR) is 153 cm³/mol. The Morgan fingerprint density at radius 2 is 1.83 bits per heavy atom. The van der Waals surface area contributed by atoms with Gasteiger partial charge in [0.15, 0.2) is 0 Å². The maximum atomic E-state index is 13.7. The summed E-state index contributed by atoms with van der Waals surface area (Å²) in [5.41, 5.74) is 1.37. The number of ether oxygens (including phenoxy) is 1. The van der Waals surface area contributed by atoms with E-state index in [2.05, 4.69) is 23.6 Å². The molecular weight excluding hydrogens is 555 g/mol. The quantitative estimate of drug-likeness (QED) is 0.328. The Labute approximate surface area is 243 Å². The fourth-order valence-electron chi connectivity index (χ4n) is 6.05. The Morgan fingerprint density at radius 1 is 1.12 bits per heavy atom. The maximum absolute atomic E-state index is 13.7. The Bertz CT molecular complexity index is 1420. The van der Waals surface area contributed by atoms with Crippen molar-refractivity contribution in [2.75, 3.05) is 39.4 Å². The van der Waals surface area contributed by atoms with Gasteiger partial charge < -0.3 is 9.84 Å². The van der Waals surface area contributed by atoms with Crippen molar-refractivity contribution in [1.29, 1.82) is 0 Å². The number of pyridine rings is 1. The third-order valence-corrected chi connectivity index (χ3v) is 8.41. The van der Waals surface area contributed by atoms with E-state index in [0.717, 1.165) is 69.9 Å². The maximum Gasteiger partial charge on any atom is 0.416 e. The third-order valence-electron chi connectivity index (χ3n) is 8.06. The first-order chi connectivity index (χ1) is 19.5. The fraction of sp³-hybridized carbons (Fsp3) is 0.484. The highest BCUT2D eigenvalue weighted by molar-refractivity contribution is 6.32. The topological polar surface area (TPSA) is 65.9 Å². The van der Waals surface area contributed by atoms with Crippen molar-refractivity contribution in [3.63, 3.8) is 0 Å². The molecule has 3 aromatic rings. The summed E-state index contributed by atoms with van der Waals surface area (Å²) in [5.74, 6) is -0.858. The van der Waals surface area contributed by atoms with Crippen molar-refractivity contribution in [1.82, 2.24) is 14.8 Å². The molecule has 2 aromatic carbocycles. The zero-order chi connectivity index (χ0) is 29.3. The van der Waals surface area contributed by atoms with E-state index in [1.54, 1.807) is 18.2 Å². The van der Waals surface area contributed by atoms with E-state index in [9.17, 15) is 23.1 Å². The molecule has 0 unspecified atom stereocenters. The van der Waals surface area contributed by atoms with Crippen LogP contribution >= 0.6 is 11.6 Å². The number of aromatic carboxylic acids is 1. The average molecular weight is 590 g/mol. The van der Waals surface area contributed by atoms with E-state index < -0.39 is 17.7 Å². The number of rotatable bonds is 7. The highest BCUT2D eigenvalue weighted by Gasteiger charge is 2.32. The van der Waals surface area contributed by atoms with Crippen LogP contribution in [0.1, 0.15) is 53.7 Å². The molecule has 0 bridgehead atoms. The van der Waals surface area contributed by atoms with Gasteiger partial charge in [0.1, 0.15) is 0 Å². The molecule has 0 amide bonds. The fourth-order valence-corrected chi connectivity index (χ4v) is 6.29. The molecule has 5 rings (SSSR count). The number of hydrogen-bond donors (Lipinski definition) is 1. The minimum Gasteiger partial charge on any atom is -0.478 e. The zero-order valence-corrected chi connectivity index (χ0v) is 24.1. The minimum atomic E-state index is -4.54. The van der Waals surface area contributed by atoms with Crippen LogP contribution in [-0.2, 0) is 23.9 Å². The molecule has 0 spiro atoms. The van der Waals surface area contributed by atoms with Crippen molar-refractivity contribution in [2.24, 2.45) is 5.92 Å². The van der Waals surface area contributed by atoms with Gasteiger partial charge >= 0.3 is 12.1 Å². The van der Waals surface area contributed by atoms with E-state index >= 15 is 0 Å². The number of aromatic nitrogens is 1. The Kier molecular flexibility index (Phi) is 8.90. The smallest absolute Gasteiger partial charge is 0.416 e. The van der Waals surface area contributed by atoms with Crippen LogP contribution in [0.2, 0.25) is 5.02 Å². The predicted octanol–water partition coefficient (Wildman–Crippen LogP) is 6.77. The van der Waals surface area contributed by atoms with E-state index in [-0.39, 0.29) is 23.4 Å². The molecule has 2 saturated heterocycles. The van der Waals surface area contributed by atoms with Crippen molar-refractivity contribution in [3.8, 4) is 11.3 Å². The Morgan fingerprint density at radius 3 is 2.46 bits per heavy atom. The molecule has 0 aliphatic carbocycles. The second-order valence-corrected chi connectivity index (χ2v) is 11.8. The third kappa shape index (κ3) is 6.69.